The summed E-state index contributed by atoms with van der Waals surface area (Å²) in [6.45, 7) is 2.80. The number of likely N-dealkylation sites (tertiary alicyclic amines) is 1. The van der Waals surface area contributed by atoms with Gasteiger partial charge < -0.3 is 4.90 Å². The van der Waals surface area contributed by atoms with Crippen LogP contribution in [0.1, 0.15) is 6.42 Å². The first-order valence-electron chi connectivity index (χ1n) is 4.56. The van der Waals surface area contributed by atoms with E-state index in [4.69, 9.17) is 16.9 Å². The minimum Gasteiger partial charge on any atom is -0.305 e. The second-order valence-electron chi connectivity index (χ2n) is 3.76. The van der Waals surface area contributed by atoms with Crippen LogP contribution in [0.4, 0.5) is 0 Å². The molecule has 74 valence electrons. The maximum Gasteiger partial charge on any atom is 0.133 e. The van der Waals surface area contributed by atoms with Crippen molar-refractivity contribution in [3.05, 3.63) is 0 Å². The Morgan fingerprint density at radius 3 is 2.85 bits per heavy atom. The Labute approximate surface area is 84.9 Å². The van der Waals surface area contributed by atoms with E-state index in [1.165, 1.54) is 6.42 Å². The summed E-state index contributed by atoms with van der Waals surface area (Å²) in [6, 6.07) is 2.67. The fourth-order valence-electron chi connectivity index (χ4n) is 1.67. The third-order valence-corrected chi connectivity index (χ3v) is 2.77. The van der Waals surface area contributed by atoms with Crippen LogP contribution in [0.15, 0.2) is 0 Å². The molecule has 1 aliphatic heterocycles. The molecule has 1 heterocycles. The molecular weight excluding hydrogens is 186 g/mol. The highest BCUT2D eigenvalue weighted by atomic mass is 35.5. The van der Waals surface area contributed by atoms with Crippen molar-refractivity contribution >= 4 is 11.6 Å². The van der Waals surface area contributed by atoms with Gasteiger partial charge in [0, 0.05) is 19.1 Å². The first kappa shape index (κ1) is 10.8. The second-order valence-corrected chi connectivity index (χ2v) is 4.29. The van der Waals surface area contributed by atoms with Crippen molar-refractivity contribution in [3.8, 4) is 6.07 Å². The molecule has 1 saturated heterocycles. The maximum atomic E-state index is 8.55. The number of nitrogens with zero attached hydrogens (tertiary/aromatic N) is 3. The van der Waals surface area contributed by atoms with Gasteiger partial charge in [-0.05, 0) is 27.1 Å². The highest BCUT2D eigenvalue weighted by molar-refractivity contribution is 6.22. The summed E-state index contributed by atoms with van der Waals surface area (Å²) in [4.78, 5) is 4.49. The predicted molar refractivity (Wildman–Crippen MR) is 53.8 cm³/mol. The number of hydrogen-bond donors (Lipinski definition) is 0. The first-order valence-corrected chi connectivity index (χ1v) is 4.99. The van der Waals surface area contributed by atoms with Crippen LogP contribution >= 0.6 is 11.6 Å². The Kier molecular flexibility index (Phi) is 3.98. The molecule has 0 amide bonds. The number of likely N-dealkylation sites (N-methyl/N-ethyl adjacent to an activating group) is 1. The number of alkyl halides is 1. The van der Waals surface area contributed by atoms with Crippen LogP contribution in [0.3, 0.4) is 0 Å². The minimum atomic E-state index is -0.360. The van der Waals surface area contributed by atoms with Gasteiger partial charge in [0.05, 0.1) is 6.07 Å². The zero-order valence-electron chi connectivity index (χ0n) is 8.20. The van der Waals surface area contributed by atoms with E-state index < -0.39 is 0 Å². The van der Waals surface area contributed by atoms with Gasteiger partial charge in [0.15, 0.2) is 0 Å². The third kappa shape index (κ3) is 3.15. The molecule has 13 heavy (non-hydrogen) atoms. The lowest BCUT2D eigenvalue weighted by Gasteiger charge is -2.20. The largest absolute Gasteiger partial charge is 0.305 e. The van der Waals surface area contributed by atoms with Gasteiger partial charge in [0.25, 0.3) is 0 Å². The van der Waals surface area contributed by atoms with E-state index in [0.717, 1.165) is 13.1 Å². The molecule has 2 atom stereocenters. The standard InChI is InChI=1S/C9H16ClN3/c1-12(2)9-3-4-13(7-9)6-8(10)5-11/h8-9H,3-4,6-7H2,1-2H3. The SMILES string of the molecule is CN(C)C1CCN(CC(Cl)C#N)C1. The monoisotopic (exact) mass is 201 g/mol. The van der Waals surface area contributed by atoms with Crippen LogP contribution in [0.5, 0.6) is 0 Å². The maximum absolute atomic E-state index is 8.55. The van der Waals surface area contributed by atoms with Gasteiger partial charge in [0.2, 0.25) is 0 Å². The lowest BCUT2D eigenvalue weighted by Crippen LogP contribution is -2.33. The van der Waals surface area contributed by atoms with Crippen LogP contribution in [0.2, 0.25) is 0 Å². The molecule has 0 N–H and O–H groups in total. The van der Waals surface area contributed by atoms with Crippen LogP contribution in [-0.4, -0.2) is 54.9 Å². The molecule has 0 saturated carbocycles. The van der Waals surface area contributed by atoms with Crippen molar-refractivity contribution in [2.24, 2.45) is 0 Å². The smallest absolute Gasteiger partial charge is 0.133 e. The zero-order chi connectivity index (χ0) is 9.84. The fourth-order valence-corrected chi connectivity index (χ4v) is 1.86. The molecule has 0 spiro atoms. The summed E-state index contributed by atoms with van der Waals surface area (Å²) in [5.74, 6) is 0. The second kappa shape index (κ2) is 4.80. The summed E-state index contributed by atoms with van der Waals surface area (Å²) in [6.07, 6.45) is 1.18. The lowest BCUT2D eigenvalue weighted by atomic mass is 10.2. The van der Waals surface area contributed by atoms with E-state index >= 15 is 0 Å². The molecule has 2 unspecified atom stereocenters. The van der Waals surface area contributed by atoms with E-state index in [1.807, 2.05) is 6.07 Å². The van der Waals surface area contributed by atoms with E-state index in [2.05, 4.69) is 23.9 Å². The lowest BCUT2D eigenvalue weighted by molar-refractivity contribution is 0.272. The Balaban J connectivity index is 2.30. The normalized spacial score (nSPS) is 26.2. The molecule has 0 aromatic rings. The van der Waals surface area contributed by atoms with Crippen molar-refractivity contribution in [3.63, 3.8) is 0 Å². The van der Waals surface area contributed by atoms with Gasteiger partial charge in [-0.15, -0.1) is 11.6 Å². The topological polar surface area (TPSA) is 30.3 Å². The van der Waals surface area contributed by atoms with Crippen molar-refractivity contribution in [1.29, 1.82) is 5.26 Å². The summed E-state index contributed by atoms with van der Waals surface area (Å²) < 4.78 is 0. The van der Waals surface area contributed by atoms with Crippen molar-refractivity contribution in [2.75, 3.05) is 33.7 Å². The van der Waals surface area contributed by atoms with Gasteiger partial charge in [-0.3, -0.25) is 4.90 Å². The summed E-state index contributed by atoms with van der Waals surface area (Å²) in [5.41, 5.74) is 0. The fraction of sp³-hybridized carbons (Fsp3) is 0.889. The average molecular weight is 202 g/mol. The molecule has 0 radical (unpaired) electrons. The quantitative estimate of drug-likeness (QED) is 0.632. The Hall–Kier alpha value is -0.300. The van der Waals surface area contributed by atoms with Gasteiger partial charge in [0.1, 0.15) is 5.38 Å². The van der Waals surface area contributed by atoms with Gasteiger partial charge in [-0.1, -0.05) is 0 Å². The molecule has 1 aliphatic rings. The van der Waals surface area contributed by atoms with Crippen molar-refractivity contribution in [2.45, 2.75) is 17.8 Å². The Bertz CT molecular complexity index is 200. The van der Waals surface area contributed by atoms with Crippen LogP contribution < -0.4 is 0 Å². The highest BCUT2D eigenvalue weighted by Crippen LogP contribution is 2.14. The van der Waals surface area contributed by atoms with Crippen LogP contribution in [0, 0.1) is 11.3 Å². The van der Waals surface area contributed by atoms with Crippen LogP contribution in [-0.2, 0) is 0 Å². The highest BCUT2D eigenvalue weighted by Gasteiger charge is 2.24. The molecule has 1 fully saturated rings. The summed E-state index contributed by atoms with van der Waals surface area (Å²) >= 11 is 5.76. The van der Waals surface area contributed by atoms with E-state index in [1.54, 1.807) is 0 Å². The van der Waals surface area contributed by atoms with Crippen molar-refractivity contribution < 1.29 is 0 Å². The third-order valence-electron chi connectivity index (χ3n) is 2.54. The molecule has 3 nitrogen and oxygen atoms in total. The van der Waals surface area contributed by atoms with E-state index in [0.29, 0.717) is 12.6 Å². The van der Waals surface area contributed by atoms with Gasteiger partial charge in [-0.2, -0.15) is 5.26 Å². The number of rotatable bonds is 3. The number of halogens is 1. The minimum absolute atomic E-state index is 0.360. The number of hydrogen-bond acceptors (Lipinski definition) is 3. The van der Waals surface area contributed by atoms with Gasteiger partial charge in [-0.25, -0.2) is 0 Å². The molecular formula is C9H16ClN3. The predicted octanol–water partition coefficient (Wildman–Crippen LogP) is 0.753. The molecule has 0 aliphatic carbocycles. The molecule has 1 rings (SSSR count). The molecule has 0 aromatic heterocycles. The van der Waals surface area contributed by atoms with E-state index in [9.17, 15) is 0 Å². The van der Waals surface area contributed by atoms with Crippen molar-refractivity contribution in [1.82, 2.24) is 9.80 Å². The molecule has 0 bridgehead atoms. The Morgan fingerprint density at radius 1 is 1.69 bits per heavy atom. The molecule has 4 heteroatoms. The number of nitriles is 1. The Morgan fingerprint density at radius 2 is 2.38 bits per heavy atom. The van der Waals surface area contributed by atoms with Crippen LogP contribution in [0.25, 0.3) is 0 Å². The summed E-state index contributed by atoms with van der Waals surface area (Å²) in [5, 5.41) is 8.19. The van der Waals surface area contributed by atoms with E-state index in [-0.39, 0.29) is 5.38 Å². The summed E-state index contributed by atoms with van der Waals surface area (Å²) in [7, 11) is 4.19. The zero-order valence-corrected chi connectivity index (χ0v) is 8.96. The van der Waals surface area contributed by atoms with Gasteiger partial charge >= 0.3 is 0 Å². The first-order chi connectivity index (χ1) is 6.13. The molecule has 0 aromatic carbocycles. The average Bonchev–Trinajstić information content (AvgIpc) is 2.52.